The number of nitrogens with one attached hydrogen (secondary N) is 2. The molecule has 148 valence electrons. The average Bonchev–Trinajstić information content (AvgIpc) is 3.53. The number of pyridine rings is 1. The lowest BCUT2D eigenvalue weighted by atomic mass is 9.96. The molecule has 1 saturated carbocycles. The molecule has 1 amide bonds. The predicted molar refractivity (Wildman–Crippen MR) is 114 cm³/mol. The van der Waals surface area contributed by atoms with Crippen LogP contribution in [0.2, 0.25) is 5.02 Å². The van der Waals surface area contributed by atoms with E-state index in [0.717, 1.165) is 18.2 Å². The van der Waals surface area contributed by atoms with Gasteiger partial charge in [0, 0.05) is 25.0 Å². The Morgan fingerprint density at radius 1 is 1.07 bits per heavy atom. The fourth-order valence-corrected chi connectivity index (χ4v) is 3.87. The first kappa shape index (κ1) is 19.2. The molecule has 2 aromatic rings. The molecular weight excluding hydrogens is 372 g/mol. The molecule has 2 fully saturated rings. The summed E-state index contributed by atoms with van der Waals surface area (Å²) in [5.74, 6) is 1.95. The maximum atomic E-state index is 12.7. The number of aromatic nitrogens is 1. The van der Waals surface area contributed by atoms with Gasteiger partial charge in [0.15, 0.2) is 0 Å². The van der Waals surface area contributed by atoms with Crippen molar-refractivity contribution in [1.29, 1.82) is 0 Å². The third-order valence-electron chi connectivity index (χ3n) is 5.64. The lowest BCUT2D eigenvalue weighted by molar-refractivity contribution is 0.102. The first-order valence-corrected chi connectivity index (χ1v) is 10.5. The molecule has 2 aliphatic rings. The zero-order valence-corrected chi connectivity index (χ0v) is 16.8. The molecule has 0 atom stereocenters. The molecule has 1 saturated heterocycles. The molecule has 1 aromatic heterocycles. The van der Waals surface area contributed by atoms with E-state index in [-0.39, 0.29) is 5.91 Å². The van der Waals surface area contributed by atoms with E-state index in [1.54, 1.807) is 12.1 Å². The van der Waals surface area contributed by atoms with Crippen molar-refractivity contribution < 1.29 is 4.79 Å². The number of carbonyl (C=O) groups excluding carboxylic acids is 1. The van der Waals surface area contributed by atoms with Crippen LogP contribution in [0.1, 0.15) is 36.0 Å². The van der Waals surface area contributed by atoms with Gasteiger partial charge in [-0.3, -0.25) is 4.79 Å². The van der Waals surface area contributed by atoms with Crippen molar-refractivity contribution >= 4 is 29.0 Å². The molecule has 28 heavy (non-hydrogen) atoms. The molecule has 1 aliphatic heterocycles. The largest absolute Gasteiger partial charge is 0.384 e. The minimum atomic E-state index is -0.169. The fourth-order valence-electron chi connectivity index (χ4n) is 3.76. The fraction of sp³-hybridized carbons (Fsp3) is 0.455. The van der Waals surface area contributed by atoms with E-state index >= 15 is 0 Å². The summed E-state index contributed by atoms with van der Waals surface area (Å²) < 4.78 is 0. The number of likely N-dealkylation sites (tertiary alicyclic amines) is 1. The monoisotopic (exact) mass is 398 g/mol. The number of anilines is 2. The van der Waals surface area contributed by atoms with Gasteiger partial charge in [-0.2, -0.15) is 0 Å². The van der Waals surface area contributed by atoms with Gasteiger partial charge in [0.1, 0.15) is 5.82 Å². The molecule has 0 unspecified atom stereocenters. The van der Waals surface area contributed by atoms with Crippen LogP contribution >= 0.6 is 11.6 Å². The van der Waals surface area contributed by atoms with E-state index in [9.17, 15) is 4.79 Å². The molecule has 0 bridgehead atoms. The Bertz CT molecular complexity index is 798. The summed E-state index contributed by atoms with van der Waals surface area (Å²) in [6, 6.07) is 11.1. The van der Waals surface area contributed by atoms with E-state index in [0.29, 0.717) is 22.3 Å². The van der Waals surface area contributed by atoms with Crippen molar-refractivity contribution in [3.05, 3.63) is 53.2 Å². The molecule has 6 heteroatoms. The SMILES string of the molecule is O=C(Nc1ccc(Cl)cn1)c1ccccc1NCC1CCN(CC2CC2)CC1. The second-order valence-electron chi connectivity index (χ2n) is 7.93. The molecular formula is C22H27ClN4O. The van der Waals surface area contributed by atoms with Crippen LogP contribution in [0.5, 0.6) is 0 Å². The van der Waals surface area contributed by atoms with Crippen LogP contribution in [0, 0.1) is 11.8 Å². The highest BCUT2D eigenvalue weighted by Crippen LogP contribution is 2.31. The summed E-state index contributed by atoms with van der Waals surface area (Å²) in [4.78, 5) is 19.4. The first-order valence-electron chi connectivity index (χ1n) is 10.2. The van der Waals surface area contributed by atoms with Gasteiger partial charge in [-0.15, -0.1) is 0 Å². The predicted octanol–water partition coefficient (Wildman–Crippen LogP) is 4.52. The second-order valence-corrected chi connectivity index (χ2v) is 8.37. The van der Waals surface area contributed by atoms with Gasteiger partial charge < -0.3 is 15.5 Å². The summed E-state index contributed by atoms with van der Waals surface area (Å²) >= 11 is 5.85. The summed E-state index contributed by atoms with van der Waals surface area (Å²) in [7, 11) is 0. The quantitative estimate of drug-likeness (QED) is 0.719. The van der Waals surface area contributed by atoms with Gasteiger partial charge in [0.05, 0.1) is 10.6 Å². The number of benzene rings is 1. The second kappa shape index (κ2) is 8.93. The van der Waals surface area contributed by atoms with E-state index in [4.69, 9.17) is 11.6 Å². The topological polar surface area (TPSA) is 57.3 Å². The van der Waals surface area contributed by atoms with Crippen LogP contribution in [0.4, 0.5) is 11.5 Å². The molecule has 0 radical (unpaired) electrons. The van der Waals surface area contributed by atoms with Gasteiger partial charge in [-0.05, 0) is 74.9 Å². The zero-order valence-electron chi connectivity index (χ0n) is 16.0. The summed E-state index contributed by atoms with van der Waals surface area (Å²) in [5.41, 5.74) is 1.50. The van der Waals surface area contributed by atoms with Gasteiger partial charge in [-0.1, -0.05) is 23.7 Å². The number of rotatable bonds is 7. The summed E-state index contributed by atoms with van der Waals surface area (Å²) in [6.07, 6.45) is 6.82. The molecule has 2 N–H and O–H groups in total. The van der Waals surface area contributed by atoms with Gasteiger partial charge in [0.25, 0.3) is 5.91 Å². The highest BCUT2D eigenvalue weighted by Gasteiger charge is 2.27. The standard InChI is InChI=1S/C22H27ClN4O/c23-18-7-8-21(25-14-18)26-22(28)19-3-1-2-4-20(19)24-13-16-9-11-27(12-10-16)15-17-5-6-17/h1-4,7-8,14,16-17,24H,5-6,9-13,15H2,(H,25,26,28). The average molecular weight is 399 g/mol. The van der Waals surface area contributed by atoms with Crippen LogP contribution < -0.4 is 10.6 Å². The van der Waals surface area contributed by atoms with Crippen molar-refractivity contribution in [3.8, 4) is 0 Å². The normalized spacial score (nSPS) is 18.0. The molecule has 1 aliphatic carbocycles. The number of carbonyl (C=O) groups is 1. The molecule has 5 nitrogen and oxygen atoms in total. The third-order valence-corrected chi connectivity index (χ3v) is 5.87. The lowest BCUT2D eigenvalue weighted by Crippen LogP contribution is -2.37. The number of hydrogen-bond donors (Lipinski definition) is 2. The number of amides is 1. The lowest BCUT2D eigenvalue weighted by Gasteiger charge is -2.32. The van der Waals surface area contributed by atoms with Crippen LogP contribution in [-0.4, -0.2) is 42.0 Å². The minimum Gasteiger partial charge on any atom is -0.384 e. The summed E-state index contributed by atoms with van der Waals surface area (Å²) in [5, 5.41) is 6.89. The number of piperidine rings is 1. The highest BCUT2D eigenvalue weighted by molar-refractivity contribution is 6.30. The highest BCUT2D eigenvalue weighted by atomic mass is 35.5. The zero-order chi connectivity index (χ0) is 19.3. The summed E-state index contributed by atoms with van der Waals surface area (Å²) in [6.45, 7) is 4.60. The number of nitrogens with zero attached hydrogens (tertiary/aromatic N) is 2. The first-order chi connectivity index (χ1) is 13.7. The Labute approximate surface area is 171 Å². The number of hydrogen-bond acceptors (Lipinski definition) is 4. The molecule has 1 aromatic carbocycles. The van der Waals surface area contributed by atoms with E-state index in [2.05, 4.69) is 20.5 Å². The van der Waals surface area contributed by atoms with Crippen LogP contribution in [-0.2, 0) is 0 Å². The molecule has 0 spiro atoms. The van der Waals surface area contributed by atoms with Crippen LogP contribution in [0.25, 0.3) is 0 Å². The number of para-hydroxylation sites is 1. The van der Waals surface area contributed by atoms with E-state index in [1.165, 1.54) is 51.5 Å². The Balaban J connectivity index is 1.31. The Morgan fingerprint density at radius 3 is 2.57 bits per heavy atom. The smallest absolute Gasteiger partial charge is 0.258 e. The maximum absolute atomic E-state index is 12.7. The minimum absolute atomic E-state index is 0.169. The van der Waals surface area contributed by atoms with Crippen molar-refractivity contribution in [1.82, 2.24) is 9.88 Å². The van der Waals surface area contributed by atoms with E-state index < -0.39 is 0 Å². The Morgan fingerprint density at radius 2 is 1.86 bits per heavy atom. The van der Waals surface area contributed by atoms with E-state index in [1.807, 2.05) is 24.3 Å². The van der Waals surface area contributed by atoms with Crippen molar-refractivity contribution in [2.24, 2.45) is 11.8 Å². The molecule has 4 rings (SSSR count). The van der Waals surface area contributed by atoms with Crippen LogP contribution in [0.3, 0.4) is 0 Å². The van der Waals surface area contributed by atoms with Gasteiger partial charge in [0.2, 0.25) is 0 Å². The maximum Gasteiger partial charge on any atom is 0.258 e. The van der Waals surface area contributed by atoms with Crippen molar-refractivity contribution in [3.63, 3.8) is 0 Å². The Hall–Kier alpha value is -2.11. The third kappa shape index (κ3) is 5.24. The van der Waals surface area contributed by atoms with Crippen molar-refractivity contribution in [2.45, 2.75) is 25.7 Å². The van der Waals surface area contributed by atoms with Gasteiger partial charge in [-0.25, -0.2) is 4.98 Å². The van der Waals surface area contributed by atoms with Crippen LogP contribution in [0.15, 0.2) is 42.6 Å². The van der Waals surface area contributed by atoms with Crippen molar-refractivity contribution in [2.75, 3.05) is 36.8 Å². The Kier molecular flexibility index (Phi) is 6.13. The molecule has 2 heterocycles. The number of halogens is 1. The van der Waals surface area contributed by atoms with Gasteiger partial charge >= 0.3 is 0 Å².